The molecule has 0 aliphatic carbocycles. The van der Waals surface area contributed by atoms with Crippen LogP contribution < -0.4 is 14.8 Å². The summed E-state index contributed by atoms with van der Waals surface area (Å²) in [6.45, 7) is 10.2. The monoisotopic (exact) mass is 400 g/mol. The summed E-state index contributed by atoms with van der Waals surface area (Å²) >= 11 is 0. The Morgan fingerprint density at radius 2 is 1.97 bits per heavy atom. The molecule has 156 valence electrons. The van der Waals surface area contributed by atoms with Gasteiger partial charge >= 0.3 is 5.97 Å². The number of benzene rings is 1. The van der Waals surface area contributed by atoms with E-state index in [1.165, 1.54) is 0 Å². The topological polar surface area (TPSA) is 78.8 Å². The highest BCUT2D eigenvalue weighted by Crippen LogP contribution is 2.38. The van der Waals surface area contributed by atoms with Gasteiger partial charge in [0.1, 0.15) is 24.1 Å². The predicted octanol–water partition coefficient (Wildman–Crippen LogP) is 3.64. The largest absolute Gasteiger partial charge is 0.492 e. The zero-order valence-electron chi connectivity index (χ0n) is 17.6. The van der Waals surface area contributed by atoms with Crippen LogP contribution >= 0.6 is 0 Å². The van der Waals surface area contributed by atoms with Crippen molar-refractivity contribution in [2.75, 3.05) is 18.5 Å². The fraction of sp³-hybridized carbons (Fsp3) is 0.455. The molecule has 1 N–H and O–H groups in total. The summed E-state index contributed by atoms with van der Waals surface area (Å²) in [5.41, 5.74) is 3.66. The van der Waals surface area contributed by atoms with Crippen molar-refractivity contribution in [3.63, 3.8) is 0 Å². The number of nitrogens with one attached hydrogen (secondary N) is 1. The molecule has 1 aromatic carbocycles. The fourth-order valence-electron chi connectivity index (χ4n) is 3.61. The van der Waals surface area contributed by atoms with Crippen LogP contribution in [0.15, 0.2) is 18.2 Å². The van der Waals surface area contributed by atoms with Crippen molar-refractivity contribution < 1.29 is 23.8 Å². The first-order valence-corrected chi connectivity index (χ1v) is 9.94. The zero-order chi connectivity index (χ0) is 21.1. The SMILES string of the molecule is CCOC(=O)c1cc(C)n(CC(=O)Nc2cc3c(cc2OCC)C[C@@H](C)O3)c1C. The average molecular weight is 400 g/mol. The van der Waals surface area contributed by atoms with E-state index < -0.39 is 0 Å². The van der Waals surface area contributed by atoms with E-state index in [9.17, 15) is 9.59 Å². The summed E-state index contributed by atoms with van der Waals surface area (Å²) in [5, 5.41) is 2.93. The third-order valence-electron chi connectivity index (χ3n) is 4.94. The lowest BCUT2D eigenvalue weighted by molar-refractivity contribution is -0.116. The molecule has 1 aliphatic rings. The van der Waals surface area contributed by atoms with Gasteiger partial charge < -0.3 is 24.1 Å². The van der Waals surface area contributed by atoms with Crippen LogP contribution in [0, 0.1) is 13.8 Å². The highest BCUT2D eigenvalue weighted by Gasteiger charge is 2.23. The fourth-order valence-corrected chi connectivity index (χ4v) is 3.61. The quantitative estimate of drug-likeness (QED) is 0.718. The van der Waals surface area contributed by atoms with E-state index in [1.807, 2.05) is 39.8 Å². The van der Waals surface area contributed by atoms with Crippen LogP contribution in [0.3, 0.4) is 0 Å². The molecular weight excluding hydrogens is 372 g/mol. The summed E-state index contributed by atoms with van der Waals surface area (Å²) in [4.78, 5) is 24.9. The van der Waals surface area contributed by atoms with Gasteiger partial charge in [-0.3, -0.25) is 4.79 Å². The third-order valence-corrected chi connectivity index (χ3v) is 4.94. The second-order valence-corrected chi connectivity index (χ2v) is 7.16. The summed E-state index contributed by atoms with van der Waals surface area (Å²) < 4.78 is 18.4. The van der Waals surface area contributed by atoms with Gasteiger partial charge in [0, 0.05) is 29.4 Å². The van der Waals surface area contributed by atoms with E-state index in [2.05, 4.69) is 5.32 Å². The molecular formula is C22H28N2O5. The van der Waals surface area contributed by atoms with E-state index in [-0.39, 0.29) is 24.5 Å². The van der Waals surface area contributed by atoms with Gasteiger partial charge in [-0.1, -0.05) is 0 Å². The van der Waals surface area contributed by atoms with Crippen LogP contribution in [-0.2, 0) is 22.5 Å². The minimum atomic E-state index is -0.379. The van der Waals surface area contributed by atoms with Crippen molar-refractivity contribution in [2.45, 2.75) is 53.7 Å². The van der Waals surface area contributed by atoms with Gasteiger partial charge in [-0.2, -0.15) is 0 Å². The van der Waals surface area contributed by atoms with Crippen molar-refractivity contribution >= 4 is 17.6 Å². The van der Waals surface area contributed by atoms with Crippen LogP contribution in [0.25, 0.3) is 0 Å². The van der Waals surface area contributed by atoms with E-state index in [1.54, 1.807) is 17.6 Å². The first-order valence-electron chi connectivity index (χ1n) is 9.94. The smallest absolute Gasteiger partial charge is 0.339 e. The molecule has 0 bridgehead atoms. The van der Waals surface area contributed by atoms with Crippen molar-refractivity contribution in [1.29, 1.82) is 0 Å². The molecule has 0 spiro atoms. The molecule has 0 saturated heterocycles. The first kappa shape index (κ1) is 20.8. The molecule has 0 unspecified atom stereocenters. The summed E-state index contributed by atoms with van der Waals surface area (Å²) in [7, 11) is 0. The lowest BCUT2D eigenvalue weighted by Crippen LogP contribution is -2.21. The number of aryl methyl sites for hydroxylation is 1. The highest BCUT2D eigenvalue weighted by atomic mass is 16.5. The molecule has 7 nitrogen and oxygen atoms in total. The molecule has 1 aromatic heterocycles. The minimum absolute atomic E-state index is 0.0803. The number of anilines is 1. The number of esters is 1. The van der Waals surface area contributed by atoms with Gasteiger partial charge in [0.05, 0.1) is 24.5 Å². The Bertz CT molecular complexity index is 932. The number of rotatable bonds is 7. The van der Waals surface area contributed by atoms with Gasteiger partial charge in [-0.15, -0.1) is 0 Å². The predicted molar refractivity (Wildman–Crippen MR) is 110 cm³/mol. The molecule has 2 heterocycles. The van der Waals surface area contributed by atoms with Crippen LogP contribution in [0.4, 0.5) is 5.69 Å². The number of carbonyl (C=O) groups excluding carboxylic acids is 2. The maximum Gasteiger partial charge on any atom is 0.339 e. The van der Waals surface area contributed by atoms with Gasteiger partial charge in [0.15, 0.2) is 0 Å². The minimum Gasteiger partial charge on any atom is -0.492 e. The molecule has 2 aromatic rings. The number of nitrogens with zero attached hydrogens (tertiary/aromatic N) is 1. The molecule has 1 aliphatic heterocycles. The first-order chi connectivity index (χ1) is 13.8. The second kappa shape index (κ2) is 8.59. The Balaban J connectivity index is 1.80. The van der Waals surface area contributed by atoms with Gasteiger partial charge in [-0.25, -0.2) is 4.79 Å². The van der Waals surface area contributed by atoms with E-state index in [0.717, 1.165) is 23.4 Å². The van der Waals surface area contributed by atoms with Crippen molar-refractivity contribution in [2.24, 2.45) is 0 Å². The van der Waals surface area contributed by atoms with Crippen molar-refractivity contribution in [1.82, 2.24) is 4.57 Å². The number of aromatic nitrogens is 1. The van der Waals surface area contributed by atoms with Crippen molar-refractivity contribution in [3.05, 3.63) is 40.7 Å². The third kappa shape index (κ3) is 4.39. The lowest BCUT2D eigenvalue weighted by Gasteiger charge is -2.15. The molecule has 1 amide bonds. The maximum atomic E-state index is 12.8. The van der Waals surface area contributed by atoms with Gasteiger partial charge in [-0.05, 0) is 46.8 Å². The Kier molecular flexibility index (Phi) is 6.15. The number of hydrogen-bond acceptors (Lipinski definition) is 5. The molecule has 3 rings (SSSR count). The number of hydrogen-bond donors (Lipinski definition) is 1. The standard InChI is InChI=1S/C22H28N2O5/c1-6-27-20-10-16-9-14(4)29-19(16)11-18(20)23-21(25)12-24-13(3)8-17(15(24)5)22(26)28-7-2/h8,10-11,14H,6-7,9,12H2,1-5H3,(H,23,25)/t14-/m1/s1. The normalized spacial score (nSPS) is 14.9. The number of carbonyl (C=O) groups is 2. The van der Waals surface area contributed by atoms with E-state index >= 15 is 0 Å². The number of fused-ring (bicyclic) bond motifs is 1. The lowest BCUT2D eigenvalue weighted by atomic mass is 10.1. The van der Waals surface area contributed by atoms with Crippen LogP contribution in [0.5, 0.6) is 11.5 Å². The average Bonchev–Trinajstić information content (AvgIpc) is 3.15. The highest BCUT2D eigenvalue weighted by molar-refractivity contribution is 5.94. The van der Waals surface area contributed by atoms with Crippen LogP contribution in [0.1, 0.15) is 48.1 Å². The molecule has 0 saturated carbocycles. The maximum absolute atomic E-state index is 12.8. The Labute approximate surface area is 170 Å². The van der Waals surface area contributed by atoms with Crippen LogP contribution in [0.2, 0.25) is 0 Å². The Morgan fingerprint density at radius 1 is 1.21 bits per heavy atom. The van der Waals surface area contributed by atoms with Gasteiger partial charge in [0.2, 0.25) is 5.91 Å². The van der Waals surface area contributed by atoms with Crippen molar-refractivity contribution in [3.8, 4) is 11.5 Å². The Hall–Kier alpha value is -2.96. The Morgan fingerprint density at radius 3 is 2.66 bits per heavy atom. The number of ether oxygens (including phenoxy) is 3. The molecule has 0 fully saturated rings. The van der Waals surface area contributed by atoms with Crippen LogP contribution in [-0.4, -0.2) is 35.8 Å². The molecule has 1 atom stereocenters. The second-order valence-electron chi connectivity index (χ2n) is 7.16. The molecule has 7 heteroatoms. The van der Waals surface area contributed by atoms with Gasteiger partial charge in [0.25, 0.3) is 0 Å². The molecule has 0 radical (unpaired) electrons. The summed E-state index contributed by atoms with van der Waals surface area (Å²) in [6, 6.07) is 5.50. The summed E-state index contributed by atoms with van der Waals surface area (Å²) in [5.74, 6) is 0.810. The molecule has 29 heavy (non-hydrogen) atoms. The zero-order valence-corrected chi connectivity index (χ0v) is 17.6. The van der Waals surface area contributed by atoms with E-state index in [4.69, 9.17) is 14.2 Å². The summed E-state index contributed by atoms with van der Waals surface area (Å²) in [6.07, 6.45) is 0.930. The number of amides is 1. The van der Waals surface area contributed by atoms with E-state index in [0.29, 0.717) is 35.9 Å².